The minimum absolute atomic E-state index is 0.0220. The van der Waals surface area contributed by atoms with Crippen LogP contribution in [0.25, 0.3) is 11.3 Å². The summed E-state index contributed by atoms with van der Waals surface area (Å²) in [6, 6.07) is 11.0. The van der Waals surface area contributed by atoms with E-state index in [-0.39, 0.29) is 17.0 Å². The number of carboxylic acid groups (broad SMARTS) is 2. The summed E-state index contributed by atoms with van der Waals surface area (Å²) in [6.07, 6.45) is 0. The minimum atomic E-state index is -1.19. The molecule has 0 amide bonds. The molecule has 0 atom stereocenters. The smallest absolute Gasteiger partial charge is 0.354 e. The lowest BCUT2D eigenvalue weighted by Crippen LogP contribution is -2.07. The normalized spacial score (nSPS) is 10.0. The fourth-order valence-electron chi connectivity index (χ4n) is 1.57. The fraction of sp³-hybridized carbons (Fsp3) is 0. The standard InChI is InChI=1S/C13H9NO4/c15-12(16)9-6-7-10(13(17)18)14-11(9)8-4-2-1-3-5-8/h1-7H,(H,15,16)(H,17,18). The van der Waals surface area contributed by atoms with Gasteiger partial charge in [-0.15, -0.1) is 0 Å². The van der Waals surface area contributed by atoms with Gasteiger partial charge in [-0.3, -0.25) is 0 Å². The quantitative estimate of drug-likeness (QED) is 0.862. The molecule has 0 aliphatic carbocycles. The molecule has 0 aliphatic rings. The largest absolute Gasteiger partial charge is 0.478 e. The van der Waals surface area contributed by atoms with Crippen LogP contribution in [0.5, 0.6) is 0 Å². The van der Waals surface area contributed by atoms with Gasteiger partial charge in [0.15, 0.2) is 0 Å². The van der Waals surface area contributed by atoms with Crippen molar-refractivity contribution in [1.29, 1.82) is 0 Å². The van der Waals surface area contributed by atoms with E-state index in [0.717, 1.165) is 0 Å². The van der Waals surface area contributed by atoms with Crippen molar-refractivity contribution in [1.82, 2.24) is 4.98 Å². The van der Waals surface area contributed by atoms with Gasteiger partial charge in [-0.1, -0.05) is 30.3 Å². The van der Waals surface area contributed by atoms with Crippen LogP contribution in [0, 0.1) is 0 Å². The Bertz CT molecular complexity index is 608. The van der Waals surface area contributed by atoms with Crippen molar-refractivity contribution in [3.63, 3.8) is 0 Å². The highest BCUT2D eigenvalue weighted by atomic mass is 16.4. The van der Waals surface area contributed by atoms with Gasteiger partial charge in [0.05, 0.1) is 11.3 Å². The third-order valence-electron chi connectivity index (χ3n) is 2.39. The summed E-state index contributed by atoms with van der Waals surface area (Å²) < 4.78 is 0. The number of pyridine rings is 1. The number of rotatable bonds is 3. The van der Waals surface area contributed by atoms with Crippen LogP contribution < -0.4 is 0 Å². The van der Waals surface area contributed by atoms with Gasteiger partial charge in [-0.2, -0.15) is 0 Å². The maximum absolute atomic E-state index is 11.1. The molecule has 2 rings (SSSR count). The van der Waals surface area contributed by atoms with Crippen molar-refractivity contribution >= 4 is 11.9 Å². The highest BCUT2D eigenvalue weighted by Gasteiger charge is 2.16. The van der Waals surface area contributed by atoms with Crippen LogP contribution in [0.15, 0.2) is 42.5 Å². The molecule has 0 spiro atoms. The molecule has 5 heteroatoms. The maximum Gasteiger partial charge on any atom is 0.354 e. The van der Waals surface area contributed by atoms with Crippen LogP contribution in [0.2, 0.25) is 0 Å². The van der Waals surface area contributed by atoms with E-state index in [1.165, 1.54) is 12.1 Å². The molecule has 18 heavy (non-hydrogen) atoms. The number of hydrogen-bond acceptors (Lipinski definition) is 3. The summed E-state index contributed by atoms with van der Waals surface area (Å²) in [5.74, 6) is -2.33. The molecule has 0 unspecified atom stereocenters. The Morgan fingerprint density at radius 3 is 2.11 bits per heavy atom. The van der Waals surface area contributed by atoms with E-state index in [1.807, 2.05) is 0 Å². The number of carbonyl (C=O) groups is 2. The molecule has 90 valence electrons. The molecule has 0 saturated heterocycles. The Morgan fingerprint density at radius 1 is 0.889 bits per heavy atom. The molecule has 0 radical (unpaired) electrons. The summed E-state index contributed by atoms with van der Waals surface area (Å²) >= 11 is 0. The molecule has 0 bridgehead atoms. The zero-order chi connectivity index (χ0) is 13.1. The van der Waals surface area contributed by atoms with Gasteiger partial charge >= 0.3 is 11.9 Å². The van der Waals surface area contributed by atoms with Crippen molar-refractivity contribution in [2.75, 3.05) is 0 Å². The lowest BCUT2D eigenvalue weighted by molar-refractivity contribution is 0.0676. The Hall–Kier alpha value is -2.69. The van der Waals surface area contributed by atoms with Gasteiger partial charge in [-0.05, 0) is 12.1 Å². The van der Waals surface area contributed by atoms with Gasteiger partial charge in [0.1, 0.15) is 5.69 Å². The minimum Gasteiger partial charge on any atom is -0.478 e. The molecule has 0 aliphatic heterocycles. The summed E-state index contributed by atoms with van der Waals surface area (Å²) in [4.78, 5) is 25.8. The third kappa shape index (κ3) is 2.20. The van der Waals surface area contributed by atoms with Gasteiger partial charge in [0, 0.05) is 5.56 Å². The first kappa shape index (κ1) is 11.8. The van der Waals surface area contributed by atoms with Gasteiger partial charge in [-0.25, -0.2) is 14.6 Å². The summed E-state index contributed by atoms with van der Waals surface area (Å²) in [5.41, 5.74) is 0.519. The molecule has 0 saturated carbocycles. The summed E-state index contributed by atoms with van der Waals surface area (Å²) in [6.45, 7) is 0. The van der Waals surface area contributed by atoms with Crippen molar-refractivity contribution in [3.05, 3.63) is 53.7 Å². The summed E-state index contributed by atoms with van der Waals surface area (Å²) in [5, 5.41) is 17.9. The Morgan fingerprint density at radius 2 is 1.56 bits per heavy atom. The lowest BCUT2D eigenvalue weighted by Gasteiger charge is -2.06. The van der Waals surface area contributed by atoms with E-state index < -0.39 is 11.9 Å². The first-order chi connectivity index (χ1) is 8.59. The molecule has 0 fully saturated rings. The topological polar surface area (TPSA) is 87.5 Å². The van der Waals surface area contributed by atoms with E-state index in [1.54, 1.807) is 30.3 Å². The van der Waals surface area contributed by atoms with Gasteiger partial charge in [0.25, 0.3) is 0 Å². The monoisotopic (exact) mass is 243 g/mol. The predicted octanol–water partition coefficient (Wildman–Crippen LogP) is 2.15. The molecule has 2 aromatic rings. The number of aromatic nitrogens is 1. The van der Waals surface area contributed by atoms with Gasteiger partial charge < -0.3 is 10.2 Å². The average molecular weight is 243 g/mol. The van der Waals surface area contributed by atoms with E-state index in [9.17, 15) is 9.59 Å². The zero-order valence-corrected chi connectivity index (χ0v) is 9.20. The van der Waals surface area contributed by atoms with Crippen LogP contribution in [0.1, 0.15) is 20.8 Å². The number of nitrogens with zero attached hydrogens (tertiary/aromatic N) is 1. The van der Waals surface area contributed by atoms with E-state index in [2.05, 4.69) is 4.98 Å². The Balaban J connectivity index is 2.65. The number of benzene rings is 1. The fourth-order valence-corrected chi connectivity index (χ4v) is 1.57. The maximum atomic E-state index is 11.1. The highest BCUT2D eigenvalue weighted by molar-refractivity contribution is 5.96. The van der Waals surface area contributed by atoms with E-state index in [4.69, 9.17) is 10.2 Å². The Labute approximate surface area is 102 Å². The van der Waals surface area contributed by atoms with Crippen molar-refractivity contribution < 1.29 is 19.8 Å². The van der Waals surface area contributed by atoms with Crippen LogP contribution in [-0.4, -0.2) is 27.1 Å². The molecular formula is C13H9NO4. The molecule has 5 nitrogen and oxygen atoms in total. The van der Waals surface area contributed by atoms with Crippen molar-refractivity contribution in [2.24, 2.45) is 0 Å². The second-order valence-electron chi connectivity index (χ2n) is 3.57. The number of aromatic carboxylic acids is 2. The third-order valence-corrected chi connectivity index (χ3v) is 2.39. The molecule has 1 heterocycles. The lowest BCUT2D eigenvalue weighted by atomic mass is 10.1. The SMILES string of the molecule is O=C(O)c1ccc(C(=O)O)c(-c2ccccc2)n1. The van der Waals surface area contributed by atoms with Gasteiger partial charge in [0.2, 0.25) is 0 Å². The van der Waals surface area contributed by atoms with Crippen LogP contribution in [0.4, 0.5) is 0 Å². The van der Waals surface area contributed by atoms with E-state index >= 15 is 0 Å². The van der Waals surface area contributed by atoms with Crippen LogP contribution in [0.3, 0.4) is 0 Å². The first-order valence-corrected chi connectivity index (χ1v) is 5.12. The van der Waals surface area contributed by atoms with Crippen molar-refractivity contribution in [3.8, 4) is 11.3 Å². The molecule has 1 aromatic carbocycles. The summed E-state index contributed by atoms with van der Waals surface area (Å²) in [7, 11) is 0. The number of hydrogen-bond donors (Lipinski definition) is 2. The van der Waals surface area contributed by atoms with Crippen molar-refractivity contribution in [2.45, 2.75) is 0 Å². The highest BCUT2D eigenvalue weighted by Crippen LogP contribution is 2.21. The number of carboxylic acids is 2. The van der Waals surface area contributed by atoms with E-state index in [0.29, 0.717) is 5.56 Å². The molecular weight excluding hydrogens is 234 g/mol. The second kappa shape index (κ2) is 4.67. The average Bonchev–Trinajstić information content (AvgIpc) is 2.39. The molecule has 2 N–H and O–H groups in total. The first-order valence-electron chi connectivity index (χ1n) is 5.12. The van der Waals surface area contributed by atoms with Crippen LogP contribution in [-0.2, 0) is 0 Å². The Kier molecular flexibility index (Phi) is 3.05. The predicted molar refractivity (Wildman–Crippen MR) is 63.6 cm³/mol. The molecule has 1 aromatic heterocycles. The zero-order valence-electron chi connectivity index (χ0n) is 9.20. The van der Waals surface area contributed by atoms with Crippen LogP contribution >= 0.6 is 0 Å². The second-order valence-corrected chi connectivity index (χ2v) is 3.57.